The van der Waals surface area contributed by atoms with Gasteiger partial charge in [-0.3, -0.25) is 0 Å². The van der Waals surface area contributed by atoms with Crippen molar-refractivity contribution in [3.8, 4) is 0 Å². The molecule has 0 aromatic heterocycles. The molecular weight excluding hydrogens is 192 g/mol. The molecule has 0 saturated heterocycles. The van der Waals surface area contributed by atoms with Gasteiger partial charge in [-0.2, -0.15) is 0 Å². The minimum absolute atomic E-state index is 0.833. The van der Waals surface area contributed by atoms with Crippen LogP contribution in [0, 0.1) is 17.8 Å². The predicted molar refractivity (Wildman–Crippen MR) is 84.2 cm³/mol. The molecule has 106 valence electrons. The molecule has 0 aromatic carbocycles. The Hall–Kier alpha value is 0. The Bertz CT molecular complexity index is 28.5. The summed E-state index contributed by atoms with van der Waals surface area (Å²) in [6, 6.07) is 0. The lowest BCUT2D eigenvalue weighted by atomic mass is 10.3. The van der Waals surface area contributed by atoms with Gasteiger partial charge in [0.15, 0.2) is 0 Å². The Morgan fingerprint density at radius 1 is 0.312 bits per heavy atom. The molecule has 0 atom stereocenters. The maximum absolute atomic E-state index is 2.17. The van der Waals surface area contributed by atoms with Crippen molar-refractivity contribution in [2.75, 3.05) is 0 Å². The summed E-state index contributed by atoms with van der Waals surface area (Å²) in [7, 11) is 0. The highest BCUT2D eigenvalue weighted by Crippen LogP contribution is 1.81. The molecule has 0 radical (unpaired) electrons. The third-order valence-electron chi connectivity index (χ3n) is 0. The first-order chi connectivity index (χ1) is 7.20. The molecule has 0 spiro atoms. The van der Waals surface area contributed by atoms with Crippen molar-refractivity contribution in [3.05, 3.63) is 0 Å². The maximum atomic E-state index is 2.17. The SMILES string of the molecule is CC.CC.CC(C)C.CC(C)C.CC(C)C. The molecule has 0 amide bonds. The van der Waals surface area contributed by atoms with Crippen molar-refractivity contribution in [2.24, 2.45) is 17.8 Å². The molecule has 0 rings (SSSR count). The molecule has 0 fully saturated rings. The zero-order chi connectivity index (χ0) is 14.7. The number of hydrogen-bond acceptors (Lipinski definition) is 0. The van der Waals surface area contributed by atoms with E-state index >= 15 is 0 Å². The minimum atomic E-state index is 0.833. The van der Waals surface area contributed by atoms with Gasteiger partial charge < -0.3 is 0 Å². The fraction of sp³-hybridized carbons (Fsp3) is 1.00. The van der Waals surface area contributed by atoms with E-state index in [-0.39, 0.29) is 0 Å². The Balaban J connectivity index is -0.0000000327. The standard InChI is InChI=1S/3C4H10.2C2H6/c3*1-4(2)3;2*1-2/h3*4H,1-3H3;2*1-2H3. The van der Waals surface area contributed by atoms with Crippen LogP contribution in [0.1, 0.15) is 90.0 Å². The third kappa shape index (κ3) is 0. The molecule has 0 saturated carbocycles. The molecule has 0 aromatic rings. The summed E-state index contributed by atoms with van der Waals surface area (Å²) in [5.74, 6) is 2.50. The monoisotopic (exact) mass is 234 g/mol. The second-order valence-corrected chi connectivity index (χ2v) is 5.20. The van der Waals surface area contributed by atoms with Crippen LogP contribution in [-0.4, -0.2) is 0 Å². The van der Waals surface area contributed by atoms with Crippen LogP contribution in [0.25, 0.3) is 0 Å². The van der Waals surface area contributed by atoms with Gasteiger partial charge in [0, 0.05) is 0 Å². The molecule has 0 nitrogen and oxygen atoms in total. The van der Waals surface area contributed by atoms with E-state index in [1.54, 1.807) is 0 Å². The van der Waals surface area contributed by atoms with Gasteiger partial charge in [0.1, 0.15) is 0 Å². The predicted octanol–water partition coefficient (Wildman–Crippen LogP) is 7.04. The highest BCUT2D eigenvalue weighted by atomic mass is 13.8. The lowest BCUT2D eigenvalue weighted by molar-refractivity contribution is 0.736. The fourth-order valence-electron chi connectivity index (χ4n) is 0. The first-order valence-corrected chi connectivity index (χ1v) is 7.20. The summed E-state index contributed by atoms with van der Waals surface area (Å²) in [6.07, 6.45) is 0. The van der Waals surface area contributed by atoms with Gasteiger partial charge in [-0.25, -0.2) is 0 Å². The summed E-state index contributed by atoms with van der Waals surface area (Å²) in [6.45, 7) is 27.5. The first kappa shape index (κ1) is 29.8. The lowest BCUT2D eigenvalue weighted by Crippen LogP contribution is -1.66. The molecule has 16 heavy (non-hydrogen) atoms. The van der Waals surface area contributed by atoms with Crippen LogP contribution in [0.15, 0.2) is 0 Å². The van der Waals surface area contributed by atoms with Crippen molar-refractivity contribution in [1.82, 2.24) is 0 Å². The average Bonchev–Trinajstić information content (AvgIpc) is 2.07. The Labute approximate surface area is 108 Å². The van der Waals surface area contributed by atoms with Crippen molar-refractivity contribution in [2.45, 2.75) is 90.0 Å². The highest BCUT2D eigenvalue weighted by Gasteiger charge is 1.68. The van der Waals surface area contributed by atoms with Crippen molar-refractivity contribution >= 4 is 0 Å². The molecule has 0 aliphatic rings. The van der Waals surface area contributed by atoms with Gasteiger partial charge in [0.2, 0.25) is 0 Å². The summed E-state index contributed by atoms with van der Waals surface area (Å²) in [5.41, 5.74) is 0. The summed E-state index contributed by atoms with van der Waals surface area (Å²) in [4.78, 5) is 0. The van der Waals surface area contributed by atoms with Gasteiger partial charge in [0.05, 0.1) is 0 Å². The van der Waals surface area contributed by atoms with Crippen LogP contribution in [0.3, 0.4) is 0 Å². The van der Waals surface area contributed by atoms with E-state index in [0.29, 0.717) is 0 Å². The van der Waals surface area contributed by atoms with E-state index in [4.69, 9.17) is 0 Å². The molecule has 0 bridgehead atoms. The third-order valence-corrected chi connectivity index (χ3v) is 0. The normalized spacial score (nSPS) is 7.50. The van der Waals surface area contributed by atoms with Crippen LogP contribution < -0.4 is 0 Å². The first-order valence-electron chi connectivity index (χ1n) is 7.20. The highest BCUT2D eigenvalue weighted by molar-refractivity contribution is 4.21. The van der Waals surface area contributed by atoms with E-state index in [1.165, 1.54) is 0 Å². The van der Waals surface area contributed by atoms with Gasteiger partial charge in [-0.1, -0.05) is 90.0 Å². The smallest absolute Gasteiger partial charge is 0.0500 e. The molecule has 0 heterocycles. The largest absolute Gasteiger partial charge is 0.0683 e. The van der Waals surface area contributed by atoms with Crippen LogP contribution in [0.4, 0.5) is 0 Å². The van der Waals surface area contributed by atoms with Crippen molar-refractivity contribution in [3.63, 3.8) is 0 Å². The van der Waals surface area contributed by atoms with Crippen molar-refractivity contribution < 1.29 is 0 Å². The molecule has 0 aliphatic heterocycles. The van der Waals surface area contributed by atoms with E-state index in [1.807, 2.05) is 27.7 Å². The van der Waals surface area contributed by atoms with E-state index in [2.05, 4.69) is 62.3 Å². The molecule has 0 unspecified atom stereocenters. The zero-order valence-corrected chi connectivity index (χ0v) is 14.7. The summed E-state index contributed by atoms with van der Waals surface area (Å²) < 4.78 is 0. The Kier molecular flexibility index (Phi) is 67.5. The Morgan fingerprint density at radius 2 is 0.312 bits per heavy atom. The van der Waals surface area contributed by atoms with E-state index in [0.717, 1.165) is 17.8 Å². The topological polar surface area (TPSA) is 0 Å². The van der Waals surface area contributed by atoms with Crippen LogP contribution in [0.2, 0.25) is 0 Å². The van der Waals surface area contributed by atoms with E-state index in [9.17, 15) is 0 Å². The van der Waals surface area contributed by atoms with Crippen LogP contribution in [0.5, 0.6) is 0 Å². The quantitative estimate of drug-likeness (QED) is 0.421. The van der Waals surface area contributed by atoms with Gasteiger partial charge >= 0.3 is 0 Å². The molecular formula is C16H42. The van der Waals surface area contributed by atoms with Crippen LogP contribution in [-0.2, 0) is 0 Å². The molecule has 0 N–H and O–H groups in total. The second-order valence-electron chi connectivity index (χ2n) is 5.20. The summed E-state index contributed by atoms with van der Waals surface area (Å²) >= 11 is 0. The second kappa shape index (κ2) is 36.3. The molecule has 0 heteroatoms. The van der Waals surface area contributed by atoms with Crippen molar-refractivity contribution in [1.29, 1.82) is 0 Å². The van der Waals surface area contributed by atoms with Gasteiger partial charge in [-0.15, -0.1) is 0 Å². The average molecular weight is 235 g/mol. The fourth-order valence-corrected chi connectivity index (χ4v) is 0. The molecule has 0 aliphatic carbocycles. The summed E-state index contributed by atoms with van der Waals surface area (Å²) in [5, 5.41) is 0. The van der Waals surface area contributed by atoms with Crippen LogP contribution >= 0.6 is 0 Å². The maximum Gasteiger partial charge on any atom is -0.0500 e. The van der Waals surface area contributed by atoms with E-state index < -0.39 is 0 Å². The Morgan fingerprint density at radius 3 is 0.312 bits per heavy atom. The minimum Gasteiger partial charge on any atom is -0.0683 e. The number of hydrogen-bond donors (Lipinski definition) is 0. The van der Waals surface area contributed by atoms with Gasteiger partial charge in [0.25, 0.3) is 0 Å². The number of rotatable bonds is 0. The zero-order valence-electron chi connectivity index (χ0n) is 14.7. The van der Waals surface area contributed by atoms with Gasteiger partial charge in [-0.05, 0) is 17.8 Å². The lowest BCUT2D eigenvalue weighted by Gasteiger charge is -1.79.